The molecule has 1 aliphatic rings. The Morgan fingerprint density at radius 3 is 2.34 bits per heavy atom. The van der Waals surface area contributed by atoms with Crippen LogP contribution in [0, 0.1) is 0 Å². The minimum Gasteiger partial charge on any atom is -0.292 e. The summed E-state index contributed by atoms with van der Waals surface area (Å²) in [4.78, 5) is 2.51. The van der Waals surface area contributed by atoms with Crippen LogP contribution >= 0.6 is 7.82 Å². The molecule has 0 heterocycles. The van der Waals surface area contributed by atoms with Crippen LogP contribution in [0.3, 0.4) is 0 Å². The summed E-state index contributed by atoms with van der Waals surface area (Å²) in [5, 5.41) is 0. The van der Waals surface area contributed by atoms with Crippen molar-refractivity contribution in [1.29, 1.82) is 0 Å². The van der Waals surface area contributed by atoms with E-state index in [1.165, 1.54) is 5.56 Å². The van der Waals surface area contributed by atoms with Crippen LogP contribution in [-0.4, -0.2) is 36.8 Å². The molecule has 2 rings (SSSR count). The Morgan fingerprint density at radius 2 is 1.76 bits per heavy atom. The first-order valence-electron chi connectivity index (χ1n) is 10.8. The summed E-state index contributed by atoms with van der Waals surface area (Å²) in [6, 6.07) is 10.9. The highest BCUT2D eigenvalue weighted by Gasteiger charge is 2.31. The van der Waals surface area contributed by atoms with E-state index in [2.05, 4.69) is 60.4 Å². The molecule has 0 aromatic heterocycles. The molecule has 2 atom stereocenters. The predicted octanol–water partition coefficient (Wildman–Crippen LogP) is 6.13. The SMILES string of the molecule is CC/C=C/CCN(Cc1ccccc1)[C@H]1C=C[C@@H](OP(=O)(OCC)OCC)CC1. The van der Waals surface area contributed by atoms with Crippen molar-refractivity contribution in [2.45, 2.75) is 65.1 Å². The number of nitrogens with zero attached hydrogens (tertiary/aromatic N) is 1. The highest BCUT2D eigenvalue weighted by atomic mass is 31.2. The van der Waals surface area contributed by atoms with Crippen LogP contribution in [0.15, 0.2) is 54.6 Å². The van der Waals surface area contributed by atoms with Gasteiger partial charge < -0.3 is 0 Å². The van der Waals surface area contributed by atoms with E-state index in [1.54, 1.807) is 13.8 Å². The lowest BCUT2D eigenvalue weighted by Crippen LogP contribution is -2.37. The second-order valence-corrected chi connectivity index (χ2v) is 8.70. The van der Waals surface area contributed by atoms with Gasteiger partial charge in [-0.15, -0.1) is 0 Å². The third kappa shape index (κ3) is 8.57. The van der Waals surface area contributed by atoms with Gasteiger partial charge in [0.1, 0.15) is 0 Å². The fraction of sp³-hybridized carbons (Fsp3) is 0.565. The quantitative estimate of drug-likeness (QED) is 0.283. The van der Waals surface area contributed by atoms with Crippen LogP contribution in [0.2, 0.25) is 0 Å². The molecule has 1 aromatic carbocycles. The molecule has 1 aliphatic carbocycles. The number of allylic oxidation sites excluding steroid dienone is 1. The summed E-state index contributed by atoms with van der Waals surface area (Å²) >= 11 is 0. The fourth-order valence-electron chi connectivity index (χ4n) is 3.46. The Labute approximate surface area is 176 Å². The lowest BCUT2D eigenvalue weighted by atomic mass is 9.98. The summed E-state index contributed by atoms with van der Waals surface area (Å²) in [7, 11) is -3.49. The van der Waals surface area contributed by atoms with E-state index in [0.717, 1.165) is 38.8 Å². The summed E-state index contributed by atoms with van der Waals surface area (Å²) in [6.45, 7) is 8.25. The number of phosphoric acid groups is 1. The van der Waals surface area contributed by atoms with E-state index < -0.39 is 7.82 Å². The molecule has 162 valence electrons. The predicted molar refractivity (Wildman–Crippen MR) is 119 cm³/mol. The van der Waals surface area contributed by atoms with Gasteiger partial charge >= 0.3 is 7.82 Å². The molecule has 6 heteroatoms. The third-order valence-corrected chi connectivity index (χ3v) is 6.49. The van der Waals surface area contributed by atoms with Gasteiger partial charge in [-0.25, -0.2) is 4.57 Å². The molecule has 0 amide bonds. The van der Waals surface area contributed by atoms with Crippen molar-refractivity contribution in [3.05, 3.63) is 60.2 Å². The van der Waals surface area contributed by atoms with Gasteiger partial charge in [0.15, 0.2) is 0 Å². The zero-order valence-corrected chi connectivity index (χ0v) is 18.9. The maximum Gasteiger partial charge on any atom is 0.475 e. The lowest BCUT2D eigenvalue weighted by Gasteiger charge is -2.33. The molecule has 0 saturated heterocycles. The van der Waals surface area contributed by atoms with E-state index in [1.807, 2.05) is 6.08 Å². The van der Waals surface area contributed by atoms with Gasteiger partial charge in [0, 0.05) is 19.1 Å². The molecule has 0 unspecified atom stereocenters. The van der Waals surface area contributed by atoms with Gasteiger partial charge in [0.05, 0.1) is 19.3 Å². The van der Waals surface area contributed by atoms with E-state index in [-0.39, 0.29) is 6.10 Å². The molecular weight excluding hydrogens is 385 g/mol. The fourth-order valence-corrected chi connectivity index (χ4v) is 4.79. The minimum absolute atomic E-state index is 0.242. The van der Waals surface area contributed by atoms with Crippen molar-refractivity contribution in [3.8, 4) is 0 Å². The molecular formula is C23H36NO4P. The molecule has 0 aliphatic heterocycles. The first-order chi connectivity index (χ1) is 14.1. The highest BCUT2D eigenvalue weighted by molar-refractivity contribution is 7.48. The van der Waals surface area contributed by atoms with Gasteiger partial charge in [-0.1, -0.05) is 61.6 Å². The Morgan fingerprint density at radius 1 is 1.03 bits per heavy atom. The molecule has 0 bridgehead atoms. The molecule has 0 saturated carbocycles. The summed E-state index contributed by atoms with van der Waals surface area (Å²) in [5.41, 5.74) is 1.32. The van der Waals surface area contributed by atoms with Crippen LogP contribution in [0.1, 0.15) is 52.0 Å². The first kappa shape index (κ1) is 24.0. The van der Waals surface area contributed by atoms with Crippen molar-refractivity contribution in [3.63, 3.8) is 0 Å². The largest absolute Gasteiger partial charge is 0.475 e. The number of benzene rings is 1. The summed E-state index contributed by atoms with van der Waals surface area (Å²) < 4.78 is 28.9. The minimum atomic E-state index is -3.49. The van der Waals surface area contributed by atoms with Crippen molar-refractivity contribution < 1.29 is 18.1 Å². The zero-order chi connectivity index (χ0) is 21.0. The molecule has 0 N–H and O–H groups in total. The zero-order valence-electron chi connectivity index (χ0n) is 18.0. The van der Waals surface area contributed by atoms with E-state index >= 15 is 0 Å². The van der Waals surface area contributed by atoms with Crippen LogP contribution in [-0.2, 0) is 24.7 Å². The Bertz CT molecular complexity index is 667. The summed E-state index contributed by atoms with van der Waals surface area (Å²) in [6.07, 6.45) is 12.3. The van der Waals surface area contributed by atoms with Crippen LogP contribution in [0.25, 0.3) is 0 Å². The van der Waals surface area contributed by atoms with Gasteiger partial charge in [-0.2, -0.15) is 0 Å². The molecule has 0 spiro atoms. The second kappa shape index (κ2) is 13.1. The number of rotatable bonds is 13. The van der Waals surface area contributed by atoms with E-state index in [4.69, 9.17) is 13.6 Å². The van der Waals surface area contributed by atoms with E-state index in [9.17, 15) is 4.57 Å². The highest BCUT2D eigenvalue weighted by Crippen LogP contribution is 2.51. The smallest absolute Gasteiger partial charge is 0.292 e. The van der Waals surface area contributed by atoms with E-state index in [0.29, 0.717) is 19.3 Å². The average molecular weight is 422 g/mol. The Balaban J connectivity index is 2.01. The monoisotopic (exact) mass is 421 g/mol. The normalized spacial score (nSPS) is 20.0. The van der Waals surface area contributed by atoms with Gasteiger partial charge in [0.25, 0.3) is 0 Å². The molecule has 0 fully saturated rings. The standard InChI is InChI=1S/C23H36NO4P/c1-4-7-8-12-19-24(20-21-13-10-9-11-14-21)22-15-17-23(18-16-22)28-29(25,26-5-2)27-6-3/h7-11,13-15,17,22-23H,4-6,12,16,18-20H2,1-3H3/b8-7+/t22-,23+/m0/s1. The van der Waals surface area contributed by atoms with Gasteiger partial charge in [-0.05, 0) is 45.1 Å². The first-order valence-corrected chi connectivity index (χ1v) is 12.2. The van der Waals surface area contributed by atoms with Crippen molar-refractivity contribution in [2.75, 3.05) is 19.8 Å². The molecule has 0 radical (unpaired) electrons. The maximum absolute atomic E-state index is 12.6. The number of hydrogen-bond donors (Lipinski definition) is 0. The molecule has 5 nitrogen and oxygen atoms in total. The molecule has 1 aromatic rings. The Hall–Kier alpha value is -1.23. The van der Waals surface area contributed by atoms with Crippen LogP contribution in [0.4, 0.5) is 0 Å². The van der Waals surface area contributed by atoms with Crippen molar-refractivity contribution >= 4 is 7.82 Å². The lowest BCUT2D eigenvalue weighted by molar-refractivity contribution is 0.0882. The summed E-state index contributed by atoms with van der Waals surface area (Å²) in [5.74, 6) is 0. The number of phosphoric ester groups is 1. The molecule has 29 heavy (non-hydrogen) atoms. The average Bonchev–Trinajstić information content (AvgIpc) is 2.72. The topological polar surface area (TPSA) is 48.0 Å². The van der Waals surface area contributed by atoms with Crippen LogP contribution < -0.4 is 0 Å². The second-order valence-electron chi connectivity index (χ2n) is 7.08. The van der Waals surface area contributed by atoms with Crippen molar-refractivity contribution in [2.24, 2.45) is 0 Å². The van der Waals surface area contributed by atoms with Crippen molar-refractivity contribution in [1.82, 2.24) is 4.90 Å². The number of hydrogen-bond acceptors (Lipinski definition) is 5. The Kier molecular flexibility index (Phi) is 10.9. The maximum atomic E-state index is 12.6. The van der Waals surface area contributed by atoms with Crippen LogP contribution in [0.5, 0.6) is 0 Å². The van der Waals surface area contributed by atoms with Gasteiger partial charge in [-0.3, -0.25) is 18.5 Å². The van der Waals surface area contributed by atoms with Gasteiger partial charge in [0.2, 0.25) is 0 Å². The third-order valence-electron chi connectivity index (χ3n) is 4.82.